The van der Waals surface area contributed by atoms with Crippen molar-refractivity contribution in [1.29, 1.82) is 0 Å². The van der Waals surface area contributed by atoms with Crippen molar-refractivity contribution in [2.24, 2.45) is 0 Å². The van der Waals surface area contributed by atoms with Gasteiger partial charge in [0.05, 0.1) is 12.6 Å². The lowest BCUT2D eigenvalue weighted by Crippen LogP contribution is -2.39. The molecule has 96 valence electrons. The maximum absolute atomic E-state index is 11.3. The number of rotatable bonds is 4. The molecule has 6 nitrogen and oxygen atoms in total. The summed E-state index contributed by atoms with van der Waals surface area (Å²) in [5.41, 5.74) is 0.0872. The molecular weight excluding hydrogens is 236 g/mol. The van der Waals surface area contributed by atoms with Crippen LogP contribution in [0.4, 0.5) is 4.79 Å². The van der Waals surface area contributed by atoms with E-state index in [9.17, 15) is 9.59 Å². The quantitative estimate of drug-likeness (QED) is 0.698. The SMILES string of the molecule is C#CC(C)NC(=O)NCc1cc(C(=O)O)c(C)o1. The van der Waals surface area contributed by atoms with Crippen LogP contribution < -0.4 is 10.6 Å². The standard InChI is InChI=1S/C12H14N2O4/c1-4-7(2)14-12(17)13-6-9-5-10(11(15)16)8(3)18-9/h1,5,7H,6H2,2-3H3,(H,15,16)(H2,13,14,17). The highest BCUT2D eigenvalue weighted by Gasteiger charge is 2.14. The second kappa shape index (κ2) is 5.77. The van der Waals surface area contributed by atoms with Gasteiger partial charge >= 0.3 is 12.0 Å². The van der Waals surface area contributed by atoms with E-state index in [1.807, 2.05) is 0 Å². The van der Waals surface area contributed by atoms with Crippen LogP contribution in [0.25, 0.3) is 0 Å². The van der Waals surface area contributed by atoms with Crippen LogP contribution in [-0.2, 0) is 6.54 Å². The Morgan fingerprint density at radius 1 is 1.61 bits per heavy atom. The highest BCUT2D eigenvalue weighted by atomic mass is 16.4. The Bertz CT molecular complexity index is 499. The van der Waals surface area contributed by atoms with Gasteiger partial charge in [-0.25, -0.2) is 9.59 Å². The Balaban J connectivity index is 2.54. The fraction of sp³-hybridized carbons (Fsp3) is 0.333. The van der Waals surface area contributed by atoms with Crippen molar-refractivity contribution in [3.63, 3.8) is 0 Å². The first-order chi connectivity index (χ1) is 8.43. The number of terminal acetylenes is 1. The van der Waals surface area contributed by atoms with Crippen LogP contribution in [0, 0.1) is 19.3 Å². The molecule has 1 rings (SSSR count). The van der Waals surface area contributed by atoms with E-state index in [0.29, 0.717) is 11.5 Å². The predicted octanol–water partition coefficient (Wildman–Crippen LogP) is 1.11. The van der Waals surface area contributed by atoms with Crippen molar-refractivity contribution >= 4 is 12.0 Å². The van der Waals surface area contributed by atoms with Crippen LogP contribution >= 0.6 is 0 Å². The molecule has 2 amide bonds. The molecule has 1 unspecified atom stereocenters. The number of hydrogen-bond acceptors (Lipinski definition) is 3. The third kappa shape index (κ3) is 3.56. The van der Waals surface area contributed by atoms with E-state index in [1.54, 1.807) is 13.8 Å². The van der Waals surface area contributed by atoms with Crippen molar-refractivity contribution < 1.29 is 19.1 Å². The van der Waals surface area contributed by atoms with Crippen LogP contribution in [0.5, 0.6) is 0 Å². The number of aromatic carboxylic acids is 1. The van der Waals surface area contributed by atoms with E-state index in [1.165, 1.54) is 6.07 Å². The number of carbonyl (C=O) groups excluding carboxylic acids is 1. The molecule has 0 saturated carbocycles. The van der Waals surface area contributed by atoms with Crippen molar-refractivity contribution in [1.82, 2.24) is 10.6 Å². The second-order valence-electron chi connectivity index (χ2n) is 3.70. The average Bonchev–Trinajstić information content (AvgIpc) is 2.68. The molecule has 1 aromatic rings. The highest BCUT2D eigenvalue weighted by Crippen LogP contribution is 2.14. The van der Waals surface area contributed by atoms with Crippen molar-refractivity contribution in [3.8, 4) is 12.3 Å². The molecule has 0 radical (unpaired) electrons. The lowest BCUT2D eigenvalue weighted by Gasteiger charge is -2.08. The molecule has 0 aliphatic carbocycles. The molecule has 0 aromatic carbocycles. The van der Waals surface area contributed by atoms with Gasteiger partial charge in [0.25, 0.3) is 0 Å². The molecule has 0 bridgehead atoms. The molecule has 1 heterocycles. The summed E-state index contributed by atoms with van der Waals surface area (Å²) in [7, 11) is 0. The van der Waals surface area contributed by atoms with Gasteiger partial charge in [0.2, 0.25) is 0 Å². The van der Waals surface area contributed by atoms with Gasteiger partial charge in [-0.2, -0.15) is 0 Å². The summed E-state index contributed by atoms with van der Waals surface area (Å²) in [6.45, 7) is 3.31. The Morgan fingerprint density at radius 2 is 2.28 bits per heavy atom. The van der Waals surface area contributed by atoms with E-state index >= 15 is 0 Å². The van der Waals surface area contributed by atoms with Gasteiger partial charge in [0.1, 0.15) is 17.1 Å². The smallest absolute Gasteiger partial charge is 0.339 e. The van der Waals surface area contributed by atoms with E-state index in [4.69, 9.17) is 15.9 Å². The largest absolute Gasteiger partial charge is 0.478 e. The maximum atomic E-state index is 11.3. The summed E-state index contributed by atoms with van der Waals surface area (Å²) in [4.78, 5) is 22.1. The maximum Gasteiger partial charge on any atom is 0.339 e. The van der Waals surface area contributed by atoms with E-state index < -0.39 is 12.0 Å². The summed E-state index contributed by atoms with van der Waals surface area (Å²) in [5, 5.41) is 13.8. The Morgan fingerprint density at radius 3 is 2.78 bits per heavy atom. The normalized spacial score (nSPS) is 11.4. The van der Waals surface area contributed by atoms with Crippen molar-refractivity contribution in [3.05, 3.63) is 23.2 Å². The van der Waals surface area contributed by atoms with Crippen LogP contribution in [0.2, 0.25) is 0 Å². The first kappa shape index (κ1) is 13.6. The minimum Gasteiger partial charge on any atom is -0.478 e. The van der Waals surface area contributed by atoms with Gasteiger partial charge in [-0.3, -0.25) is 0 Å². The molecule has 0 aliphatic rings. The molecular formula is C12H14N2O4. The number of furan rings is 1. The van der Waals surface area contributed by atoms with Crippen LogP contribution in [0.3, 0.4) is 0 Å². The Kier molecular flexibility index (Phi) is 4.38. The average molecular weight is 250 g/mol. The number of carbonyl (C=O) groups is 2. The van der Waals surface area contributed by atoms with E-state index in [-0.39, 0.29) is 18.2 Å². The first-order valence-corrected chi connectivity index (χ1v) is 5.27. The summed E-state index contributed by atoms with van der Waals surface area (Å²) in [6, 6.07) is 0.562. The summed E-state index contributed by atoms with van der Waals surface area (Å²) in [6.07, 6.45) is 5.11. The Hall–Kier alpha value is -2.42. The lowest BCUT2D eigenvalue weighted by molar-refractivity contribution is 0.0695. The molecule has 18 heavy (non-hydrogen) atoms. The lowest BCUT2D eigenvalue weighted by atomic mass is 10.2. The number of amides is 2. The topological polar surface area (TPSA) is 91.6 Å². The number of hydrogen-bond donors (Lipinski definition) is 3. The predicted molar refractivity (Wildman–Crippen MR) is 64.1 cm³/mol. The van der Waals surface area contributed by atoms with Gasteiger partial charge < -0.3 is 20.2 Å². The highest BCUT2D eigenvalue weighted by molar-refractivity contribution is 5.88. The summed E-state index contributed by atoms with van der Waals surface area (Å²) in [5.74, 6) is 1.96. The Labute approximate surface area is 104 Å². The van der Waals surface area contributed by atoms with Gasteiger partial charge in [-0.15, -0.1) is 6.42 Å². The molecule has 0 aliphatic heterocycles. The number of aryl methyl sites for hydroxylation is 1. The van der Waals surface area contributed by atoms with Crippen molar-refractivity contribution in [2.75, 3.05) is 0 Å². The number of carboxylic acid groups (broad SMARTS) is 1. The summed E-state index contributed by atoms with van der Waals surface area (Å²) >= 11 is 0. The third-order valence-corrected chi connectivity index (χ3v) is 2.22. The number of carboxylic acids is 1. The molecule has 0 fully saturated rings. The minimum atomic E-state index is -1.06. The number of urea groups is 1. The zero-order valence-electron chi connectivity index (χ0n) is 10.1. The van der Waals surface area contributed by atoms with Gasteiger partial charge in [-0.05, 0) is 19.9 Å². The molecule has 6 heteroatoms. The fourth-order valence-corrected chi connectivity index (χ4v) is 1.30. The van der Waals surface area contributed by atoms with Gasteiger partial charge in [0, 0.05) is 0 Å². The number of nitrogens with one attached hydrogen (secondary N) is 2. The van der Waals surface area contributed by atoms with Gasteiger partial charge in [-0.1, -0.05) is 5.92 Å². The second-order valence-corrected chi connectivity index (χ2v) is 3.70. The third-order valence-electron chi connectivity index (χ3n) is 2.22. The zero-order chi connectivity index (χ0) is 13.7. The van der Waals surface area contributed by atoms with Crippen LogP contribution in [-0.4, -0.2) is 23.1 Å². The van der Waals surface area contributed by atoms with E-state index in [2.05, 4.69) is 16.6 Å². The first-order valence-electron chi connectivity index (χ1n) is 5.27. The van der Waals surface area contributed by atoms with Gasteiger partial charge in [0.15, 0.2) is 0 Å². The summed E-state index contributed by atoms with van der Waals surface area (Å²) < 4.78 is 5.19. The van der Waals surface area contributed by atoms with Crippen LogP contribution in [0.1, 0.15) is 28.8 Å². The molecule has 3 N–H and O–H groups in total. The van der Waals surface area contributed by atoms with E-state index in [0.717, 1.165) is 0 Å². The fourth-order valence-electron chi connectivity index (χ4n) is 1.30. The van der Waals surface area contributed by atoms with Crippen molar-refractivity contribution in [2.45, 2.75) is 26.4 Å². The molecule has 1 aromatic heterocycles. The van der Waals surface area contributed by atoms with Crippen LogP contribution in [0.15, 0.2) is 10.5 Å². The molecule has 0 spiro atoms. The molecule has 1 atom stereocenters. The monoisotopic (exact) mass is 250 g/mol. The zero-order valence-corrected chi connectivity index (χ0v) is 10.1. The minimum absolute atomic E-state index is 0.0872. The molecule has 0 saturated heterocycles.